The highest BCUT2D eigenvalue weighted by atomic mass is 35.5. The zero-order valence-corrected chi connectivity index (χ0v) is 10.2. The molecule has 0 amide bonds. The molecule has 0 fully saturated rings. The van der Waals surface area contributed by atoms with Crippen LogP contribution in [0.1, 0.15) is 47.4 Å². The van der Waals surface area contributed by atoms with Crippen molar-refractivity contribution in [3.8, 4) is 0 Å². The quantitative estimate of drug-likeness (QED) is 0.705. The Bertz CT molecular complexity index is 448. The molecular formula is C12H15ClN2O. The zero-order valence-electron chi connectivity index (χ0n) is 9.42. The van der Waals surface area contributed by atoms with Gasteiger partial charge >= 0.3 is 0 Å². The van der Waals surface area contributed by atoms with Gasteiger partial charge < -0.3 is 0 Å². The molecule has 1 aliphatic carbocycles. The minimum absolute atomic E-state index is 0.405. The van der Waals surface area contributed by atoms with Crippen molar-refractivity contribution in [1.82, 2.24) is 9.78 Å². The highest BCUT2D eigenvalue weighted by Gasteiger charge is 2.22. The molecule has 1 aromatic heterocycles. The smallest absolute Gasteiger partial charge is 0.273 e. The van der Waals surface area contributed by atoms with Crippen LogP contribution in [0, 0.1) is 0 Å². The van der Waals surface area contributed by atoms with Crippen LogP contribution < -0.4 is 0 Å². The molecular weight excluding hydrogens is 224 g/mol. The first kappa shape index (κ1) is 11.4. The van der Waals surface area contributed by atoms with Gasteiger partial charge in [0.15, 0.2) is 0 Å². The number of hydrogen-bond donors (Lipinski definition) is 0. The summed E-state index contributed by atoms with van der Waals surface area (Å²) in [6.45, 7) is 4.08. The van der Waals surface area contributed by atoms with Crippen LogP contribution >= 0.6 is 11.6 Å². The number of halogens is 1. The molecule has 3 nitrogen and oxygen atoms in total. The SMILES string of the molecule is C=C1CCCCCc2c(C(=O)Cl)nn(C)c21. The Morgan fingerprint density at radius 2 is 2.06 bits per heavy atom. The first-order chi connectivity index (χ1) is 7.61. The number of hydrogen-bond acceptors (Lipinski definition) is 2. The number of fused-ring (bicyclic) bond motifs is 1. The van der Waals surface area contributed by atoms with E-state index in [2.05, 4.69) is 11.7 Å². The van der Waals surface area contributed by atoms with Gasteiger partial charge in [-0.3, -0.25) is 9.48 Å². The van der Waals surface area contributed by atoms with Gasteiger partial charge in [0.1, 0.15) is 5.69 Å². The second kappa shape index (κ2) is 4.42. The molecule has 0 spiro atoms. The first-order valence-corrected chi connectivity index (χ1v) is 5.93. The molecule has 0 atom stereocenters. The predicted molar refractivity (Wildman–Crippen MR) is 64.6 cm³/mol. The maximum absolute atomic E-state index is 11.3. The second-order valence-electron chi connectivity index (χ2n) is 4.24. The fraction of sp³-hybridized carbons (Fsp3) is 0.500. The van der Waals surface area contributed by atoms with Crippen molar-refractivity contribution in [1.29, 1.82) is 0 Å². The van der Waals surface area contributed by atoms with Crippen LogP contribution in [-0.2, 0) is 13.5 Å². The third-order valence-electron chi connectivity index (χ3n) is 3.07. The Kier molecular flexibility index (Phi) is 3.15. The van der Waals surface area contributed by atoms with E-state index in [1.165, 1.54) is 6.42 Å². The van der Waals surface area contributed by atoms with Crippen molar-refractivity contribution in [2.45, 2.75) is 32.1 Å². The Hall–Kier alpha value is -1.09. The maximum atomic E-state index is 11.3. The maximum Gasteiger partial charge on any atom is 0.273 e. The van der Waals surface area contributed by atoms with Crippen molar-refractivity contribution in [2.75, 3.05) is 0 Å². The van der Waals surface area contributed by atoms with Gasteiger partial charge in [-0.05, 0) is 42.9 Å². The molecule has 86 valence electrons. The molecule has 0 bridgehead atoms. The lowest BCUT2D eigenvalue weighted by atomic mass is 9.94. The average molecular weight is 239 g/mol. The largest absolute Gasteiger partial charge is 0.274 e. The van der Waals surface area contributed by atoms with Gasteiger partial charge in [-0.1, -0.05) is 13.0 Å². The van der Waals surface area contributed by atoms with Gasteiger partial charge in [0, 0.05) is 12.6 Å². The number of aromatic nitrogens is 2. The Morgan fingerprint density at radius 1 is 1.38 bits per heavy atom. The summed E-state index contributed by atoms with van der Waals surface area (Å²) in [7, 11) is 1.84. The fourth-order valence-electron chi connectivity index (χ4n) is 2.34. The zero-order chi connectivity index (χ0) is 11.7. The molecule has 0 saturated heterocycles. The summed E-state index contributed by atoms with van der Waals surface area (Å²) < 4.78 is 1.73. The lowest BCUT2D eigenvalue weighted by Gasteiger charge is -2.13. The summed E-state index contributed by atoms with van der Waals surface area (Å²) in [6.07, 6.45) is 5.26. The van der Waals surface area contributed by atoms with Crippen molar-refractivity contribution in [3.05, 3.63) is 23.5 Å². The molecule has 1 heterocycles. The molecule has 1 aromatic rings. The number of allylic oxidation sites excluding steroid dienone is 1. The van der Waals surface area contributed by atoms with Crippen LogP contribution in [0.5, 0.6) is 0 Å². The summed E-state index contributed by atoms with van der Waals surface area (Å²) in [5.41, 5.74) is 3.45. The normalized spacial score (nSPS) is 16.5. The summed E-state index contributed by atoms with van der Waals surface area (Å²) in [6, 6.07) is 0. The third kappa shape index (κ3) is 1.92. The molecule has 0 N–H and O–H groups in total. The third-order valence-corrected chi connectivity index (χ3v) is 3.25. The van der Waals surface area contributed by atoms with Crippen LogP contribution in [0.4, 0.5) is 0 Å². The van der Waals surface area contributed by atoms with Crippen LogP contribution in [0.2, 0.25) is 0 Å². The molecule has 0 unspecified atom stereocenters. The van der Waals surface area contributed by atoms with Crippen LogP contribution in [-0.4, -0.2) is 15.0 Å². The average Bonchev–Trinajstić information content (AvgIpc) is 2.51. The molecule has 0 saturated carbocycles. The van der Waals surface area contributed by atoms with E-state index in [4.69, 9.17) is 11.6 Å². The minimum Gasteiger partial charge on any atom is -0.274 e. The summed E-state index contributed by atoms with van der Waals surface area (Å²) in [5, 5.41) is 3.73. The molecule has 0 radical (unpaired) electrons. The monoisotopic (exact) mass is 238 g/mol. The van der Waals surface area contributed by atoms with Gasteiger partial charge in [-0.15, -0.1) is 0 Å². The highest BCUT2D eigenvalue weighted by Crippen LogP contribution is 2.29. The van der Waals surface area contributed by atoms with Gasteiger partial charge in [0.25, 0.3) is 5.24 Å². The van der Waals surface area contributed by atoms with Crippen LogP contribution in [0.3, 0.4) is 0 Å². The standard InChI is InChI=1S/C12H15ClN2O/c1-8-6-4-3-5-7-9-10(12(13)16)14-15(2)11(8)9/h1,3-7H2,2H3. The van der Waals surface area contributed by atoms with E-state index in [-0.39, 0.29) is 0 Å². The van der Waals surface area contributed by atoms with Crippen LogP contribution in [0.25, 0.3) is 5.57 Å². The number of nitrogens with zero attached hydrogens (tertiary/aromatic N) is 2. The minimum atomic E-state index is -0.467. The number of carbonyl (C=O) groups excluding carboxylic acids is 1. The van der Waals surface area contributed by atoms with Gasteiger partial charge in [0.2, 0.25) is 0 Å². The van der Waals surface area contributed by atoms with Gasteiger partial charge in [0.05, 0.1) is 5.69 Å². The van der Waals surface area contributed by atoms with E-state index in [0.29, 0.717) is 5.69 Å². The van der Waals surface area contributed by atoms with Crippen molar-refractivity contribution in [3.63, 3.8) is 0 Å². The molecule has 2 rings (SSSR count). The highest BCUT2D eigenvalue weighted by molar-refractivity contribution is 6.67. The fourth-order valence-corrected chi connectivity index (χ4v) is 2.49. The molecule has 0 aliphatic heterocycles. The molecule has 1 aliphatic rings. The Morgan fingerprint density at radius 3 is 2.75 bits per heavy atom. The summed E-state index contributed by atoms with van der Waals surface area (Å²) >= 11 is 5.55. The second-order valence-corrected chi connectivity index (χ2v) is 4.58. The van der Waals surface area contributed by atoms with Crippen molar-refractivity contribution in [2.24, 2.45) is 7.05 Å². The van der Waals surface area contributed by atoms with E-state index in [1.807, 2.05) is 7.05 Å². The molecule has 4 heteroatoms. The first-order valence-electron chi connectivity index (χ1n) is 5.55. The summed E-state index contributed by atoms with van der Waals surface area (Å²) in [4.78, 5) is 11.3. The van der Waals surface area contributed by atoms with E-state index in [0.717, 1.165) is 42.5 Å². The van der Waals surface area contributed by atoms with Crippen molar-refractivity contribution < 1.29 is 4.79 Å². The summed E-state index contributed by atoms with van der Waals surface area (Å²) in [5.74, 6) is 0. The van der Waals surface area contributed by atoms with E-state index in [9.17, 15) is 4.79 Å². The van der Waals surface area contributed by atoms with Crippen LogP contribution in [0.15, 0.2) is 6.58 Å². The number of rotatable bonds is 1. The lowest BCUT2D eigenvalue weighted by molar-refractivity contribution is 0.107. The molecule has 0 aromatic carbocycles. The van der Waals surface area contributed by atoms with Crippen molar-refractivity contribution >= 4 is 22.4 Å². The Balaban J connectivity index is 2.55. The van der Waals surface area contributed by atoms with Gasteiger partial charge in [-0.2, -0.15) is 5.10 Å². The number of aryl methyl sites for hydroxylation is 1. The predicted octanol–water partition coefficient (Wildman–Crippen LogP) is 2.93. The van der Waals surface area contributed by atoms with Gasteiger partial charge in [-0.25, -0.2) is 0 Å². The molecule has 16 heavy (non-hydrogen) atoms. The van der Waals surface area contributed by atoms with E-state index < -0.39 is 5.24 Å². The topological polar surface area (TPSA) is 34.9 Å². The Labute approximate surface area is 100 Å². The van der Waals surface area contributed by atoms with E-state index >= 15 is 0 Å². The van der Waals surface area contributed by atoms with E-state index in [1.54, 1.807) is 4.68 Å². The lowest BCUT2D eigenvalue weighted by Crippen LogP contribution is -2.02. The number of carbonyl (C=O) groups is 1.